The van der Waals surface area contributed by atoms with Crippen molar-refractivity contribution < 1.29 is 0 Å². The molecule has 3 nitrogen and oxygen atoms in total. The van der Waals surface area contributed by atoms with Gasteiger partial charge in [0.15, 0.2) is 0 Å². The predicted octanol–water partition coefficient (Wildman–Crippen LogP) is 5.36. The first-order valence-electron chi connectivity index (χ1n) is 6.71. The zero-order chi connectivity index (χ0) is 15.1. The van der Waals surface area contributed by atoms with Gasteiger partial charge in [0.2, 0.25) is 0 Å². The van der Waals surface area contributed by atoms with Crippen LogP contribution in [-0.2, 0) is 0 Å². The normalized spacial score (nSPS) is 14.5. The summed E-state index contributed by atoms with van der Waals surface area (Å²) in [5, 5.41) is 3.62. The van der Waals surface area contributed by atoms with Crippen LogP contribution in [0.15, 0.2) is 23.6 Å². The number of thiazole rings is 1. The minimum atomic E-state index is -0.181. The summed E-state index contributed by atoms with van der Waals surface area (Å²) in [6.07, 6.45) is 0. The molecule has 1 aromatic carbocycles. The Bertz CT molecular complexity index is 791. The predicted molar refractivity (Wildman–Crippen MR) is 89.7 cm³/mol. The molecule has 0 radical (unpaired) electrons. The first-order valence-corrected chi connectivity index (χ1v) is 8.40. The molecular formula is C15H15Cl2N3S. The van der Waals surface area contributed by atoms with E-state index in [1.54, 1.807) is 11.3 Å². The molecule has 3 rings (SSSR count). The number of alkyl halides is 1. The lowest BCUT2D eigenvalue weighted by Gasteiger charge is -2.16. The van der Waals surface area contributed by atoms with Crippen LogP contribution < -0.4 is 0 Å². The molecular weight excluding hydrogens is 325 g/mol. The molecule has 2 unspecified atom stereocenters. The third-order valence-electron chi connectivity index (χ3n) is 3.42. The minimum absolute atomic E-state index is 0.0890. The Kier molecular flexibility index (Phi) is 3.95. The number of benzene rings is 1. The molecule has 6 heteroatoms. The fourth-order valence-corrected chi connectivity index (χ4v) is 3.62. The van der Waals surface area contributed by atoms with Gasteiger partial charge in [0.05, 0.1) is 22.5 Å². The van der Waals surface area contributed by atoms with Gasteiger partial charge in [-0.05, 0) is 39.0 Å². The topological polar surface area (TPSA) is 30.7 Å². The second-order valence-electron chi connectivity index (χ2n) is 5.09. The third kappa shape index (κ3) is 2.68. The number of aryl methyl sites for hydroxylation is 1. The Labute approximate surface area is 137 Å². The lowest BCUT2D eigenvalue weighted by Crippen LogP contribution is -2.11. The Morgan fingerprint density at radius 3 is 2.62 bits per heavy atom. The highest BCUT2D eigenvalue weighted by atomic mass is 35.5. The molecule has 0 saturated carbocycles. The van der Waals surface area contributed by atoms with Crippen molar-refractivity contribution in [1.29, 1.82) is 0 Å². The maximum atomic E-state index is 6.32. The first-order chi connectivity index (χ1) is 9.97. The number of hydrogen-bond donors (Lipinski definition) is 0. The molecule has 0 saturated heterocycles. The van der Waals surface area contributed by atoms with Gasteiger partial charge in [-0.2, -0.15) is 0 Å². The quantitative estimate of drug-likeness (QED) is 0.601. The molecule has 0 aliphatic rings. The van der Waals surface area contributed by atoms with E-state index in [9.17, 15) is 0 Å². The first kappa shape index (κ1) is 14.8. The Hall–Kier alpha value is -1.10. The van der Waals surface area contributed by atoms with Gasteiger partial charge in [-0.3, -0.25) is 0 Å². The van der Waals surface area contributed by atoms with Gasteiger partial charge >= 0.3 is 0 Å². The molecule has 0 aliphatic heterocycles. The Morgan fingerprint density at radius 2 is 2.00 bits per heavy atom. The molecule has 2 heterocycles. The van der Waals surface area contributed by atoms with Crippen LogP contribution in [-0.4, -0.2) is 14.5 Å². The van der Waals surface area contributed by atoms with Crippen molar-refractivity contribution in [2.45, 2.75) is 32.2 Å². The molecule has 2 aromatic heterocycles. The second-order valence-corrected chi connectivity index (χ2v) is 7.07. The fourth-order valence-electron chi connectivity index (χ4n) is 2.45. The molecule has 0 spiro atoms. The molecule has 110 valence electrons. The summed E-state index contributed by atoms with van der Waals surface area (Å²) < 4.78 is 2.15. The summed E-state index contributed by atoms with van der Waals surface area (Å²) in [6, 6.07) is 5.83. The fraction of sp³-hybridized carbons (Fsp3) is 0.333. The van der Waals surface area contributed by atoms with Gasteiger partial charge in [0, 0.05) is 16.1 Å². The maximum Gasteiger partial charge on any atom is 0.128 e. The zero-order valence-electron chi connectivity index (χ0n) is 12.0. The van der Waals surface area contributed by atoms with E-state index in [0.29, 0.717) is 5.02 Å². The molecule has 2 atom stereocenters. The van der Waals surface area contributed by atoms with Gasteiger partial charge in [-0.1, -0.05) is 11.6 Å². The van der Waals surface area contributed by atoms with Gasteiger partial charge < -0.3 is 4.57 Å². The van der Waals surface area contributed by atoms with Gasteiger partial charge in [0.1, 0.15) is 10.8 Å². The van der Waals surface area contributed by atoms with Crippen LogP contribution in [0.4, 0.5) is 0 Å². The number of rotatable bonds is 3. The maximum absolute atomic E-state index is 6.32. The number of imidazole rings is 1. The van der Waals surface area contributed by atoms with Crippen LogP contribution in [0.25, 0.3) is 11.0 Å². The summed E-state index contributed by atoms with van der Waals surface area (Å²) >= 11 is 14.0. The monoisotopic (exact) mass is 339 g/mol. The molecule has 21 heavy (non-hydrogen) atoms. The molecule has 0 bridgehead atoms. The number of nitrogens with zero attached hydrogens (tertiary/aromatic N) is 3. The van der Waals surface area contributed by atoms with Gasteiger partial charge in [-0.25, -0.2) is 9.97 Å². The number of halogens is 2. The molecule has 3 aromatic rings. The molecule has 0 aliphatic carbocycles. The van der Waals surface area contributed by atoms with E-state index in [-0.39, 0.29) is 11.4 Å². The largest absolute Gasteiger partial charge is 0.317 e. The van der Waals surface area contributed by atoms with E-state index in [1.165, 1.54) is 0 Å². The number of fused-ring (bicyclic) bond motifs is 1. The summed E-state index contributed by atoms with van der Waals surface area (Å²) in [6.45, 7) is 6.06. The molecule has 0 fully saturated rings. The van der Waals surface area contributed by atoms with Gasteiger partial charge in [0.25, 0.3) is 0 Å². The summed E-state index contributed by atoms with van der Waals surface area (Å²) in [4.78, 5) is 9.24. The van der Waals surface area contributed by atoms with Crippen LogP contribution in [0.2, 0.25) is 5.02 Å². The smallest absolute Gasteiger partial charge is 0.128 e. The van der Waals surface area contributed by atoms with Gasteiger partial charge in [-0.15, -0.1) is 22.9 Å². The van der Waals surface area contributed by atoms with E-state index in [2.05, 4.69) is 26.8 Å². The van der Waals surface area contributed by atoms with E-state index >= 15 is 0 Å². The summed E-state index contributed by atoms with van der Waals surface area (Å²) in [5.74, 6) is 0.842. The van der Waals surface area contributed by atoms with E-state index < -0.39 is 0 Å². The highest BCUT2D eigenvalue weighted by Gasteiger charge is 2.22. The Balaban J connectivity index is 2.21. The summed E-state index contributed by atoms with van der Waals surface area (Å²) in [5.41, 5.74) is 2.93. The second kappa shape index (κ2) is 5.59. The van der Waals surface area contributed by atoms with Crippen LogP contribution in [0.1, 0.15) is 41.8 Å². The summed E-state index contributed by atoms with van der Waals surface area (Å²) in [7, 11) is 0. The Morgan fingerprint density at radius 1 is 1.24 bits per heavy atom. The molecule has 0 N–H and O–H groups in total. The van der Waals surface area contributed by atoms with Crippen LogP contribution in [0.3, 0.4) is 0 Å². The van der Waals surface area contributed by atoms with Crippen molar-refractivity contribution in [3.63, 3.8) is 0 Å². The van der Waals surface area contributed by atoms with Crippen LogP contribution in [0.5, 0.6) is 0 Å². The van der Waals surface area contributed by atoms with E-state index in [1.807, 2.05) is 32.0 Å². The average molecular weight is 340 g/mol. The van der Waals surface area contributed by atoms with Crippen molar-refractivity contribution in [1.82, 2.24) is 14.5 Å². The minimum Gasteiger partial charge on any atom is -0.317 e. The SMILES string of the molecule is Cc1csc(C(C)n2c(C(C)Cl)nc3cc(Cl)ccc32)n1. The van der Waals surface area contributed by atoms with Crippen molar-refractivity contribution in [3.05, 3.63) is 45.1 Å². The highest BCUT2D eigenvalue weighted by Crippen LogP contribution is 2.33. The molecule has 0 amide bonds. The highest BCUT2D eigenvalue weighted by molar-refractivity contribution is 7.09. The average Bonchev–Trinajstić information content (AvgIpc) is 3.01. The van der Waals surface area contributed by atoms with Crippen molar-refractivity contribution in [2.24, 2.45) is 0 Å². The number of aromatic nitrogens is 3. The van der Waals surface area contributed by atoms with Crippen molar-refractivity contribution in [2.75, 3.05) is 0 Å². The van der Waals surface area contributed by atoms with Crippen molar-refractivity contribution in [3.8, 4) is 0 Å². The lowest BCUT2D eigenvalue weighted by atomic mass is 10.2. The van der Waals surface area contributed by atoms with Crippen LogP contribution in [0, 0.1) is 6.92 Å². The zero-order valence-corrected chi connectivity index (χ0v) is 14.3. The van der Waals surface area contributed by atoms with Crippen molar-refractivity contribution >= 4 is 45.6 Å². The lowest BCUT2D eigenvalue weighted by molar-refractivity contribution is 0.614. The third-order valence-corrected chi connectivity index (χ3v) is 4.98. The van der Waals surface area contributed by atoms with Crippen LogP contribution >= 0.6 is 34.5 Å². The van der Waals surface area contributed by atoms with E-state index in [4.69, 9.17) is 23.2 Å². The van der Waals surface area contributed by atoms with E-state index in [0.717, 1.165) is 27.6 Å². The standard InChI is InChI=1S/C15H15Cl2N3S/c1-8-7-21-15(18-8)10(3)20-13-5-4-11(17)6-12(13)19-14(20)9(2)16/h4-7,9-10H,1-3H3. The number of hydrogen-bond acceptors (Lipinski definition) is 3.